The molecule has 0 saturated carbocycles. The Balaban J connectivity index is 2.03. The summed E-state index contributed by atoms with van der Waals surface area (Å²) >= 11 is 0. The number of ether oxygens (including phenoxy) is 1. The molecule has 0 amide bonds. The average molecular weight is 372 g/mol. The zero-order chi connectivity index (χ0) is 18.7. The van der Waals surface area contributed by atoms with Crippen LogP contribution in [0.5, 0.6) is 5.75 Å². The second kappa shape index (κ2) is 7.17. The molecule has 0 saturated heterocycles. The lowest BCUT2D eigenvalue weighted by Gasteiger charge is -2.15. The molecule has 0 aliphatic carbocycles. The summed E-state index contributed by atoms with van der Waals surface area (Å²) in [4.78, 5) is 4.14. The predicted molar refractivity (Wildman–Crippen MR) is 99.6 cm³/mol. The van der Waals surface area contributed by atoms with E-state index in [1.165, 1.54) is 6.20 Å². The lowest BCUT2D eigenvalue weighted by atomic mass is 10.1. The Labute approximate surface area is 152 Å². The molecule has 0 bridgehead atoms. The zero-order valence-electron chi connectivity index (χ0n) is 14.8. The first-order chi connectivity index (χ1) is 12.4. The van der Waals surface area contributed by atoms with E-state index in [-0.39, 0.29) is 4.90 Å². The van der Waals surface area contributed by atoms with Crippen LogP contribution in [0.15, 0.2) is 53.9 Å². The number of hydrogen-bond acceptors (Lipinski definition) is 5. The monoisotopic (exact) mass is 372 g/mol. The molecule has 0 aliphatic rings. The van der Waals surface area contributed by atoms with Crippen molar-refractivity contribution in [3.63, 3.8) is 0 Å². The minimum absolute atomic E-state index is 0.0975. The number of sulfonamides is 1. The Morgan fingerprint density at radius 2 is 2.04 bits per heavy atom. The Morgan fingerprint density at radius 3 is 2.73 bits per heavy atom. The standard InChI is InChI=1S/C18H20N4O3S/c1-4-25-17-6-5-13(2)9-18(17)26(23,24)21-16-11-19-8-7-15(16)14-10-20-22(3)12-14/h5-12,21H,4H2,1-3H3. The molecule has 26 heavy (non-hydrogen) atoms. The molecule has 136 valence electrons. The van der Waals surface area contributed by atoms with E-state index in [4.69, 9.17) is 4.74 Å². The third-order valence-corrected chi connectivity index (χ3v) is 5.16. The van der Waals surface area contributed by atoms with Crippen LogP contribution in [0.25, 0.3) is 11.1 Å². The highest BCUT2D eigenvalue weighted by Crippen LogP contribution is 2.31. The summed E-state index contributed by atoms with van der Waals surface area (Å²) < 4.78 is 35.8. The Morgan fingerprint density at radius 1 is 1.23 bits per heavy atom. The quantitative estimate of drug-likeness (QED) is 0.719. The molecule has 1 N–H and O–H groups in total. The van der Waals surface area contributed by atoms with E-state index in [9.17, 15) is 8.42 Å². The molecular weight excluding hydrogens is 352 g/mol. The van der Waals surface area contributed by atoms with E-state index in [0.717, 1.165) is 11.1 Å². The van der Waals surface area contributed by atoms with E-state index in [0.29, 0.717) is 23.6 Å². The van der Waals surface area contributed by atoms with Gasteiger partial charge in [-0.25, -0.2) is 8.42 Å². The van der Waals surface area contributed by atoms with Gasteiger partial charge in [0.2, 0.25) is 0 Å². The first-order valence-corrected chi connectivity index (χ1v) is 9.58. The Hall–Kier alpha value is -2.87. The minimum atomic E-state index is -3.85. The topological polar surface area (TPSA) is 86.1 Å². The zero-order valence-corrected chi connectivity index (χ0v) is 15.6. The molecular formula is C18H20N4O3S. The highest BCUT2D eigenvalue weighted by molar-refractivity contribution is 7.92. The van der Waals surface area contributed by atoms with Crippen LogP contribution in [0.4, 0.5) is 5.69 Å². The number of nitrogens with zero attached hydrogens (tertiary/aromatic N) is 3. The van der Waals surface area contributed by atoms with E-state index in [1.807, 2.05) is 26.1 Å². The summed E-state index contributed by atoms with van der Waals surface area (Å²) in [5, 5.41) is 4.14. The number of aromatic nitrogens is 3. The van der Waals surface area contributed by atoms with Crippen molar-refractivity contribution in [2.24, 2.45) is 7.05 Å². The van der Waals surface area contributed by atoms with Gasteiger partial charge in [-0.2, -0.15) is 5.10 Å². The summed E-state index contributed by atoms with van der Waals surface area (Å²) in [6.07, 6.45) is 6.57. The lowest BCUT2D eigenvalue weighted by Crippen LogP contribution is -2.15. The summed E-state index contributed by atoms with van der Waals surface area (Å²) in [5.74, 6) is 0.317. The van der Waals surface area contributed by atoms with Gasteiger partial charge in [-0.15, -0.1) is 0 Å². The van der Waals surface area contributed by atoms with Crippen molar-refractivity contribution < 1.29 is 13.2 Å². The van der Waals surface area contributed by atoms with Crippen LogP contribution in [0.2, 0.25) is 0 Å². The van der Waals surface area contributed by atoms with E-state index in [2.05, 4.69) is 14.8 Å². The summed E-state index contributed by atoms with van der Waals surface area (Å²) in [6, 6.07) is 6.82. The van der Waals surface area contributed by atoms with Gasteiger partial charge in [-0.3, -0.25) is 14.4 Å². The van der Waals surface area contributed by atoms with Gasteiger partial charge < -0.3 is 4.74 Å². The van der Waals surface area contributed by atoms with Gasteiger partial charge in [0.15, 0.2) is 0 Å². The van der Waals surface area contributed by atoms with Crippen molar-refractivity contribution in [3.8, 4) is 16.9 Å². The molecule has 7 nitrogen and oxygen atoms in total. The van der Waals surface area contributed by atoms with Crippen molar-refractivity contribution in [2.45, 2.75) is 18.7 Å². The van der Waals surface area contributed by atoms with Crippen LogP contribution in [0.3, 0.4) is 0 Å². The molecule has 0 radical (unpaired) electrons. The number of hydrogen-bond donors (Lipinski definition) is 1. The number of pyridine rings is 1. The summed E-state index contributed by atoms with van der Waals surface area (Å²) in [6.45, 7) is 4.02. The fraction of sp³-hybridized carbons (Fsp3) is 0.222. The second-order valence-electron chi connectivity index (χ2n) is 5.81. The smallest absolute Gasteiger partial charge is 0.265 e. The number of nitrogens with one attached hydrogen (secondary N) is 1. The van der Waals surface area contributed by atoms with Crippen molar-refractivity contribution in [1.82, 2.24) is 14.8 Å². The van der Waals surface area contributed by atoms with Crippen molar-refractivity contribution >= 4 is 15.7 Å². The van der Waals surface area contributed by atoms with Gasteiger partial charge in [0.05, 0.1) is 24.7 Å². The summed E-state index contributed by atoms with van der Waals surface area (Å²) in [5.41, 5.74) is 2.70. The van der Waals surface area contributed by atoms with Gasteiger partial charge in [-0.05, 0) is 37.6 Å². The van der Waals surface area contributed by atoms with Crippen molar-refractivity contribution in [3.05, 3.63) is 54.6 Å². The van der Waals surface area contributed by atoms with E-state index < -0.39 is 10.0 Å². The molecule has 2 heterocycles. The van der Waals surface area contributed by atoms with Crippen LogP contribution in [-0.2, 0) is 17.1 Å². The first-order valence-electron chi connectivity index (χ1n) is 8.10. The van der Waals surface area contributed by atoms with Crippen molar-refractivity contribution in [1.29, 1.82) is 0 Å². The third kappa shape index (κ3) is 3.70. The molecule has 0 atom stereocenters. The van der Waals surface area contributed by atoms with Crippen LogP contribution < -0.4 is 9.46 Å². The molecule has 0 aliphatic heterocycles. The Kier molecular flexibility index (Phi) is 4.94. The van der Waals surface area contributed by atoms with E-state index in [1.54, 1.807) is 42.3 Å². The van der Waals surface area contributed by atoms with Gasteiger partial charge >= 0.3 is 0 Å². The summed E-state index contributed by atoms with van der Waals surface area (Å²) in [7, 11) is -2.05. The predicted octanol–water partition coefficient (Wildman–Crippen LogP) is 2.99. The van der Waals surface area contributed by atoms with Gasteiger partial charge in [0.1, 0.15) is 10.6 Å². The van der Waals surface area contributed by atoms with Crippen LogP contribution in [0.1, 0.15) is 12.5 Å². The maximum atomic E-state index is 13.0. The van der Waals surface area contributed by atoms with E-state index >= 15 is 0 Å². The lowest BCUT2D eigenvalue weighted by molar-refractivity contribution is 0.331. The van der Waals surface area contributed by atoms with Crippen LogP contribution in [0, 0.1) is 6.92 Å². The highest BCUT2D eigenvalue weighted by atomic mass is 32.2. The fourth-order valence-corrected chi connectivity index (χ4v) is 3.88. The SMILES string of the molecule is CCOc1ccc(C)cc1S(=O)(=O)Nc1cnccc1-c1cnn(C)c1. The number of benzene rings is 1. The molecule has 0 spiro atoms. The maximum absolute atomic E-state index is 13.0. The van der Waals surface area contributed by atoms with Gasteiger partial charge in [0.25, 0.3) is 10.0 Å². The normalized spacial score (nSPS) is 11.3. The highest BCUT2D eigenvalue weighted by Gasteiger charge is 2.22. The number of anilines is 1. The fourth-order valence-electron chi connectivity index (χ4n) is 2.59. The largest absolute Gasteiger partial charge is 0.492 e. The molecule has 3 rings (SSSR count). The second-order valence-corrected chi connectivity index (χ2v) is 7.46. The van der Waals surface area contributed by atoms with Gasteiger partial charge in [-0.1, -0.05) is 6.07 Å². The van der Waals surface area contributed by atoms with Crippen LogP contribution in [-0.4, -0.2) is 29.8 Å². The molecule has 1 aromatic carbocycles. The van der Waals surface area contributed by atoms with Gasteiger partial charge in [0, 0.05) is 30.6 Å². The first kappa shape index (κ1) is 17.9. The third-order valence-electron chi connectivity index (χ3n) is 3.77. The number of aryl methyl sites for hydroxylation is 2. The molecule has 8 heteroatoms. The maximum Gasteiger partial charge on any atom is 0.265 e. The molecule has 3 aromatic rings. The van der Waals surface area contributed by atoms with Crippen LogP contribution >= 0.6 is 0 Å². The average Bonchev–Trinajstić information content (AvgIpc) is 3.03. The molecule has 2 aromatic heterocycles. The minimum Gasteiger partial charge on any atom is -0.492 e. The van der Waals surface area contributed by atoms with Crippen molar-refractivity contribution in [2.75, 3.05) is 11.3 Å². The number of rotatable bonds is 6. The Bertz CT molecular complexity index is 1030. The molecule has 0 unspecified atom stereocenters. The molecule has 0 fully saturated rings.